The second kappa shape index (κ2) is 4.37. The summed E-state index contributed by atoms with van der Waals surface area (Å²) in [5, 5.41) is 20.3. The molecule has 1 saturated carbocycles. The lowest BCUT2D eigenvalue weighted by atomic mass is 9.96. The summed E-state index contributed by atoms with van der Waals surface area (Å²) in [6, 6.07) is 0.314. The fraction of sp³-hybridized carbons (Fsp3) is 0.778. The molecule has 0 saturated heterocycles. The minimum Gasteiger partial charge on any atom is -0.481 e. The van der Waals surface area contributed by atoms with Crippen molar-refractivity contribution < 1.29 is 9.90 Å². The molecule has 15 heavy (non-hydrogen) atoms. The van der Waals surface area contributed by atoms with Gasteiger partial charge < -0.3 is 5.11 Å². The second-order valence-corrected chi connectivity index (χ2v) is 3.89. The molecule has 6 heteroatoms. The highest BCUT2D eigenvalue weighted by Crippen LogP contribution is 2.26. The number of hydrogen-bond acceptors (Lipinski definition) is 4. The lowest BCUT2D eigenvalue weighted by Gasteiger charge is -2.19. The Morgan fingerprint density at radius 1 is 1.40 bits per heavy atom. The zero-order chi connectivity index (χ0) is 10.7. The number of aromatic nitrogens is 4. The van der Waals surface area contributed by atoms with E-state index in [1.807, 2.05) is 0 Å². The molecule has 6 nitrogen and oxygen atoms in total. The Balaban J connectivity index is 2.02. The molecule has 1 aliphatic carbocycles. The van der Waals surface area contributed by atoms with E-state index >= 15 is 0 Å². The minimum absolute atomic E-state index is 0.146. The molecule has 0 unspecified atom stereocenters. The molecule has 1 aromatic rings. The molecule has 0 aromatic carbocycles. The maximum atomic E-state index is 10.4. The van der Waals surface area contributed by atoms with E-state index in [4.69, 9.17) is 5.11 Å². The summed E-state index contributed by atoms with van der Waals surface area (Å²) >= 11 is 0. The van der Waals surface area contributed by atoms with Crippen molar-refractivity contribution >= 4 is 5.97 Å². The largest absolute Gasteiger partial charge is 0.481 e. The first-order valence-electron chi connectivity index (χ1n) is 5.26. The Kier molecular flexibility index (Phi) is 2.94. The summed E-state index contributed by atoms with van der Waals surface area (Å²) in [5.74, 6) is -0.619. The maximum Gasteiger partial charge on any atom is 0.311 e. The van der Waals surface area contributed by atoms with Crippen LogP contribution >= 0.6 is 0 Å². The van der Waals surface area contributed by atoms with Crippen LogP contribution in [0.3, 0.4) is 0 Å². The number of hydrogen-bond donors (Lipinski definition) is 1. The van der Waals surface area contributed by atoms with Crippen molar-refractivity contribution in [3.63, 3.8) is 0 Å². The van der Waals surface area contributed by atoms with Crippen molar-refractivity contribution in [1.29, 1.82) is 0 Å². The van der Waals surface area contributed by atoms with Crippen LogP contribution in [0.25, 0.3) is 0 Å². The summed E-state index contributed by atoms with van der Waals surface area (Å²) in [6.45, 7) is 0. The number of carbonyl (C=O) groups is 1. The Labute approximate surface area is 87.3 Å². The fourth-order valence-electron chi connectivity index (χ4n) is 1.93. The standard InChI is InChI=1S/C9H14N4O2/c14-9(15)6-8-10-12-13(11-8)7-4-2-1-3-5-7/h7H,1-6H2,(H,14,15). The monoisotopic (exact) mass is 210 g/mol. The Hall–Kier alpha value is -1.46. The van der Waals surface area contributed by atoms with Gasteiger partial charge >= 0.3 is 5.97 Å². The molecule has 0 amide bonds. The topological polar surface area (TPSA) is 80.9 Å². The van der Waals surface area contributed by atoms with Gasteiger partial charge in [0.25, 0.3) is 0 Å². The van der Waals surface area contributed by atoms with E-state index in [1.165, 1.54) is 19.3 Å². The zero-order valence-corrected chi connectivity index (χ0v) is 8.46. The zero-order valence-electron chi connectivity index (χ0n) is 8.46. The van der Waals surface area contributed by atoms with Gasteiger partial charge in [-0.15, -0.1) is 10.2 Å². The van der Waals surface area contributed by atoms with E-state index in [-0.39, 0.29) is 6.42 Å². The first kappa shape index (κ1) is 10.1. The molecule has 0 bridgehead atoms. The van der Waals surface area contributed by atoms with Crippen molar-refractivity contribution in [3.05, 3.63) is 5.82 Å². The number of nitrogens with zero attached hydrogens (tertiary/aromatic N) is 4. The van der Waals surface area contributed by atoms with Gasteiger partial charge in [0, 0.05) is 0 Å². The van der Waals surface area contributed by atoms with Crippen LogP contribution in [0, 0.1) is 0 Å². The highest BCUT2D eigenvalue weighted by atomic mass is 16.4. The maximum absolute atomic E-state index is 10.4. The molecular weight excluding hydrogens is 196 g/mol. The summed E-state index contributed by atoms with van der Waals surface area (Å²) in [4.78, 5) is 12.0. The van der Waals surface area contributed by atoms with Crippen molar-refractivity contribution in [2.75, 3.05) is 0 Å². The van der Waals surface area contributed by atoms with Gasteiger partial charge in [-0.25, -0.2) is 0 Å². The van der Waals surface area contributed by atoms with Gasteiger partial charge in [-0.2, -0.15) is 4.80 Å². The highest BCUT2D eigenvalue weighted by molar-refractivity contribution is 5.68. The van der Waals surface area contributed by atoms with E-state index in [9.17, 15) is 4.79 Å². The van der Waals surface area contributed by atoms with Gasteiger partial charge in [-0.3, -0.25) is 4.79 Å². The third kappa shape index (κ3) is 2.51. The van der Waals surface area contributed by atoms with Gasteiger partial charge in [-0.05, 0) is 18.1 Å². The smallest absolute Gasteiger partial charge is 0.311 e. The molecule has 0 aliphatic heterocycles. The van der Waals surface area contributed by atoms with Gasteiger partial charge in [0.15, 0.2) is 5.82 Å². The molecular formula is C9H14N4O2. The van der Waals surface area contributed by atoms with Crippen molar-refractivity contribution in [2.45, 2.75) is 44.6 Å². The van der Waals surface area contributed by atoms with E-state index in [2.05, 4.69) is 15.4 Å². The number of rotatable bonds is 3. The lowest BCUT2D eigenvalue weighted by Crippen LogP contribution is -2.16. The summed E-state index contributed by atoms with van der Waals surface area (Å²) in [5.41, 5.74) is 0. The third-order valence-electron chi connectivity index (χ3n) is 2.68. The summed E-state index contributed by atoms with van der Waals surface area (Å²) in [6.07, 6.45) is 5.66. The fourth-order valence-corrected chi connectivity index (χ4v) is 1.93. The molecule has 1 fully saturated rings. The predicted molar refractivity (Wildman–Crippen MR) is 51.3 cm³/mol. The molecule has 1 N–H and O–H groups in total. The third-order valence-corrected chi connectivity index (χ3v) is 2.68. The number of carboxylic acids is 1. The predicted octanol–water partition coefficient (Wildman–Crippen LogP) is 0.805. The number of aliphatic carboxylic acids is 1. The molecule has 1 aliphatic rings. The van der Waals surface area contributed by atoms with Crippen LogP contribution in [0.2, 0.25) is 0 Å². The minimum atomic E-state index is -0.918. The van der Waals surface area contributed by atoms with Gasteiger partial charge in [0.2, 0.25) is 0 Å². The van der Waals surface area contributed by atoms with E-state index < -0.39 is 5.97 Å². The average molecular weight is 210 g/mol. The molecule has 0 spiro atoms. The first-order chi connectivity index (χ1) is 7.25. The van der Waals surface area contributed by atoms with Gasteiger partial charge in [0.1, 0.15) is 6.42 Å². The van der Waals surface area contributed by atoms with E-state index in [1.54, 1.807) is 4.80 Å². The Bertz CT molecular complexity index is 344. The van der Waals surface area contributed by atoms with Crippen LogP contribution < -0.4 is 0 Å². The normalized spacial score (nSPS) is 17.9. The quantitative estimate of drug-likeness (QED) is 0.798. The van der Waals surface area contributed by atoms with E-state index in [0.29, 0.717) is 11.9 Å². The SMILES string of the molecule is O=C(O)Cc1nnn(C2CCCCC2)n1. The van der Waals surface area contributed by atoms with Crippen molar-refractivity contribution in [2.24, 2.45) is 0 Å². The molecule has 82 valence electrons. The van der Waals surface area contributed by atoms with Crippen molar-refractivity contribution in [3.8, 4) is 0 Å². The average Bonchev–Trinajstić information content (AvgIpc) is 2.67. The van der Waals surface area contributed by atoms with Gasteiger partial charge in [0.05, 0.1) is 6.04 Å². The Morgan fingerprint density at radius 3 is 2.80 bits per heavy atom. The molecule has 0 radical (unpaired) electrons. The summed E-state index contributed by atoms with van der Waals surface area (Å²) < 4.78 is 0. The highest BCUT2D eigenvalue weighted by Gasteiger charge is 2.18. The van der Waals surface area contributed by atoms with Crippen LogP contribution in [0.4, 0.5) is 0 Å². The van der Waals surface area contributed by atoms with Crippen LogP contribution in [0.5, 0.6) is 0 Å². The second-order valence-electron chi connectivity index (χ2n) is 3.89. The molecule has 2 rings (SSSR count). The van der Waals surface area contributed by atoms with Crippen LogP contribution in [0.1, 0.15) is 44.0 Å². The molecule has 1 heterocycles. The van der Waals surface area contributed by atoms with Crippen LogP contribution in [-0.4, -0.2) is 31.3 Å². The van der Waals surface area contributed by atoms with Gasteiger partial charge in [-0.1, -0.05) is 19.3 Å². The van der Waals surface area contributed by atoms with Crippen LogP contribution in [0.15, 0.2) is 0 Å². The van der Waals surface area contributed by atoms with E-state index in [0.717, 1.165) is 12.8 Å². The lowest BCUT2D eigenvalue weighted by molar-refractivity contribution is -0.136. The Morgan fingerprint density at radius 2 is 2.13 bits per heavy atom. The number of carboxylic acid groups (broad SMARTS) is 1. The molecule has 0 atom stereocenters. The number of tetrazole rings is 1. The first-order valence-corrected chi connectivity index (χ1v) is 5.26. The summed E-state index contributed by atoms with van der Waals surface area (Å²) in [7, 11) is 0. The van der Waals surface area contributed by atoms with Crippen molar-refractivity contribution in [1.82, 2.24) is 20.2 Å². The molecule has 1 aromatic heterocycles. The van der Waals surface area contributed by atoms with Crippen LogP contribution in [-0.2, 0) is 11.2 Å².